The summed E-state index contributed by atoms with van der Waals surface area (Å²) < 4.78 is 5.43. The minimum absolute atomic E-state index is 0.0412. The molecule has 84 valence electrons. The molecule has 1 saturated heterocycles. The molecule has 0 bridgehead atoms. The van der Waals surface area contributed by atoms with Crippen LogP contribution in [0.5, 0.6) is 0 Å². The number of nitrogens with zero attached hydrogens (tertiary/aromatic N) is 1. The number of rotatable bonds is 3. The van der Waals surface area contributed by atoms with Gasteiger partial charge in [0.05, 0.1) is 0 Å². The van der Waals surface area contributed by atoms with Crippen molar-refractivity contribution in [3.8, 4) is 0 Å². The maximum Gasteiger partial charge on any atom is 0.194 e. The Labute approximate surface area is 99.1 Å². The molecule has 0 saturated carbocycles. The van der Waals surface area contributed by atoms with Gasteiger partial charge in [-0.15, -0.1) is 0 Å². The molecule has 0 aliphatic carbocycles. The van der Waals surface area contributed by atoms with E-state index < -0.39 is 0 Å². The molecule has 0 amide bonds. The molecule has 2 heterocycles. The van der Waals surface area contributed by atoms with Crippen molar-refractivity contribution in [2.45, 2.75) is 12.2 Å². The second-order valence-electron chi connectivity index (χ2n) is 3.99. The molecule has 2 atom stereocenters. The van der Waals surface area contributed by atoms with E-state index in [4.69, 9.17) is 4.74 Å². The molecule has 1 fully saturated rings. The number of ether oxygens (including phenoxy) is 1. The summed E-state index contributed by atoms with van der Waals surface area (Å²) in [6.07, 6.45) is 2.97. The average molecular weight is 225 g/mol. The zero-order valence-corrected chi connectivity index (χ0v) is 9.11. The molecule has 3 nitrogen and oxygen atoms in total. The smallest absolute Gasteiger partial charge is 0.194 e. The van der Waals surface area contributed by atoms with Crippen LogP contribution in [0.1, 0.15) is 22.0 Å². The number of carbonyl (C=O) groups is 1. The molecule has 1 aliphatic heterocycles. The molecule has 1 aromatic heterocycles. The lowest BCUT2D eigenvalue weighted by Crippen LogP contribution is -2.07. The number of benzene rings is 1. The predicted molar refractivity (Wildman–Crippen MR) is 62.6 cm³/mol. The highest BCUT2D eigenvalue weighted by atomic mass is 16.6. The fraction of sp³-hybridized carbons (Fsp3) is 0.143. The van der Waals surface area contributed by atoms with Gasteiger partial charge in [-0.2, -0.15) is 0 Å². The van der Waals surface area contributed by atoms with E-state index in [1.165, 1.54) is 0 Å². The summed E-state index contributed by atoms with van der Waals surface area (Å²) in [7, 11) is 0. The normalized spacial score (nSPS) is 22.1. The van der Waals surface area contributed by atoms with Gasteiger partial charge in [0.2, 0.25) is 0 Å². The van der Waals surface area contributed by atoms with Crippen molar-refractivity contribution in [2.24, 2.45) is 0 Å². The number of hydrogen-bond donors (Lipinski definition) is 0. The topological polar surface area (TPSA) is 42.5 Å². The third kappa shape index (κ3) is 1.97. The first kappa shape index (κ1) is 10.2. The lowest BCUT2D eigenvalue weighted by Gasteiger charge is -1.96. The number of Topliss-reactive ketones (excluding diaryl/α,β-unsaturated/α-hetero) is 1. The Balaban J connectivity index is 1.76. The zero-order chi connectivity index (χ0) is 11.7. The van der Waals surface area contributed by atoms with Crippen LogP contribution in [0.4, 0.5) is 0 Å². The summed E-state index contributed by atoms with van der Waals surface area (Å²) in [6, 6.07) is 13.0. The highest BCUT2D eigenvalue weighted by molar-refractivity contribution is 6.01. The van der Waals surface area contributed by atoms with E-state index in [9.17, 15) is 4.79 Å². The predicted octanol–water partition coefficient (Wildman–Crippen LogP) is 2.40. The van der Waals surface area contributed by atoms with Gasteiger partial charge in [0.15, 0.2) is 11.9 Å². The van der Waals surface area contributed by atoms with Gasteiger partial charge in [-0.3, -0.25) is 9.78 Å². The summed E-state index contributed by atoms with van der Waals surface area (Å²) in [5.41, 5.74) is 1.66. The second-order valence-corrected chi connectivity index (χ2v) is 3.99. The molecule has 0 unspecified atom stereocenters. The van der Waals surface area contributed by atoms with E-state index in [1.807, 2.05) is 42.5 Å². The Morgan fingerprint density at radius 1 is 1.12 bits per heavy atom. The average Bonchev–Trinajstić information content (AvgIpc) is 3.20. The number of aromatic nitrogens is 1. The van der Waals surface area contributed by atoms with Gasteiger partial charge < -0.3 is 4.74 Å². The Morgan fingerprint density at radius 2 is 1.94 bits per heavy atom. The highest BCUT2D eigenvalue weighted by Crippen LogP contribution is 2.40. The van der Waals surface area contributed by atoms with Gasteiger partial charge in [-0.25, -0.2) is 0 Å². The van der Waals surface area contributed by atoms with Crippen LogP contribution >= 0.6 is 0 Å². The molecule has 0 spiro atoms. The SMILES string of the molecule is O=C(c1ccccc1)[C@H]1O[C@H]1c1cccnc1. The lowest BCUT2D eigenvalue weighted by atomic mass is 10.0. The molecule has 3 rings (SSSR count). The molecule has 17 heavy (non-hydrogen) atoms. The van der Waals surface area contributed by atoms with Crippen LogP contribution < -0.4 is 0 Å². The van der Waals surface area contributed by atoms with Crippen LogP contribution in [0, 0.1) is 0 Å². The van der Waals surface area contributed by atoms with Gasteiger partial charge in [0.1, 0.15) is 6.10 Å². The molecule has 1 aromatic carbocycles. The van der Waals surface area contributed by atoms with Gasteiger partial charge in [0, 0.05) is 23.5 Å². The summed E-state index contributed by atoms with van der Waals surface area (Å²) in [6.45, 7) is 0. The van der Waals surface area contributed by atoms with Crippen LogP contribution in [0.2, 0.25) is 0 Å². The minimum atomic E-state index is -0.346. The molecule has 2 aromatic rings. The third-order valence-corrected chi connectivity index (χ3v) is 2.82. The number of ketones is 1. The van der Waals surface area contributed by atoms with E-state index in [0.29, 0.717) is 5.56 Å². The Morgan fingerprint density at radius 3 is 2.65 bits per heavy atom. The lowest BCUT2D eigenvalue weighted by molar-refractivity contribution is 0.0953. The Kier molecular flexibility index (Phi) is 2.46. The standard InChI is InChI=1S/C14H11NO2/c16-12(10-5-2-1-3-6-10)14-13(17-14)11-7-4-8-15-9-11/h1-9,13-14H/t13-,14+/m0/s1. The van der Waals surface area contributed by atoms with E-state index in [-0.39, 0.29) is 18.0 Å². The number of epoxide rings is 1. The highest BCUT2D eigenvalue weighted by Gasteiger charge is 2.46. The Hall–Kier alpha value is -2.00. The van der Waals surface area contributed by atoms with Gasteiger partial charge in [0.25, 0.3) is 0 Å². The van der Waals surface area contributed by atoms with Gasteiger partial charge in [-0.1, -0.05) is 36.4 Å². The van der Waals surface area contributed by atoms with E-state index in [1.54, 1.807) is 12.4 Å². The minimum Gasteiger partial charge on any atom is -0.356 e. The maximum atomic E-state index is 12.0. The van der Waals surface area contributed by atoms with Crippen molar-refractivity contribution in [1.29, 1.82) is 0 Å². The Bertz CT molecular complexity index is 524. The van der Waals surface area contributed by atoms with Crippen molar-refractivity contribution in [3.63, 3.8) is 0 Å². The number of hydrogen-bond acceptors (Lipinski definition) is 3. The zero-order valence-electron chi connectivity index (χ0n) is 9.11. The summed E-state index contributed by atoms with van der Waals surface area (Å²) in [5.74, 6) is 0.0412. The van der Waals surface area contributed by atoms with E-state index in [2.05, 4.69) is 4.98 Å². The summed E-state index contributed by atoms with van der Waals surface area (Å²) in [5, 5.41) is 0. The van der Waals surface area contributed by atoms with Gasteiger partial charge in [-0.05, 0) is 6.07 Å². The summed E-state index contributed by atoms with van der Waals surface area (Å²) >= 11 is 0. The fourth-order valence-corrected chi connectivity index (χ4v) is 1.88. The molecular weight excluding hydrogens is 214 g/mol. The molecular formula is C14H11NO2. The molecule has 3 heteroatoms. The van der Waals surface area contributed by atoms with Crippen molar-refractivity contribution in [2.75, 3.05) is 0 Å². The first-order chi connectivity index (χ1) is 8.36. The maximum absolute atomic E-state index is 12.0. The van der Waals surface area contributed by atoms with Crippen LogP contribution in [-0.4, -0.2) is 16.9 Å². The van der Waals surface area contributed by atoms with Crippen molar-refractivity contribution in [1.82, 2.24) is 4.98 Å². The first-order valence-corrected chi connectivity index (χ1v) is 5.51. The van der Waals surface area contributed by atoms with Gasteiger partial charge >= 0.3 is 0 Å². The molecule has 1 aliphatic rings. The monoisotopic (exact) mass is 225 g/mol. The van der Waals surface area contributed by atoms with Crippen molar-refractivity contribution < 1.29 is 9.53 Å². The van der Waals surface area contributed by atoms with Crippen LogP contribution in [0.25, 0.3) is 0 Å². The van der Waals surface area contributed by atoms with E-state index >= 15 is 0 Å². The molecule has 0 N–H and O–H groups in total. The second kappa shape index (κ2) is 4.11. The summed E-state index contributed by atoms with van der Waals surface area (Å²) in [4.78, 5) is 16.1. The van der Waals surface area contributed by atoms with Crippen LogP contribution in [-0.2, 0) is 4.74 Å². The van der Waals surface area contributed by atoms with Crippen LogP contribution in [0.15, 0.2) is 54.9 Å². The van der Waals surface area contributed by atoms with Crippen molar-refractivity contribution >= 4 is 5.78 Å². The quantitative estimate of drug-likeness (QED) is 0.595. The van der Waals surface area contributed by atoms with Crippen LogP contribution in [0.3, 0.4) is 0 Å². The first-order valence-electron chi connectivity index (χ1n) is 5.51. The third-order valence-electron chi connectivity index (χ3n) is 2.82. The molecule has 0 radical (unpaired) electrons. The number of pyridine rings is 1. The van der Waals surface area contributed by atoms with Crippen molar-refractivity contribution in [3.05, 3.63) is 66.0 Å². The fourth-order valence-electron chi connectivity index (χ4n) is 1.88. The number of carbonyl (C=O) groups excluding carboxylic acids is 1. The van der Waals surface area contributed by atoms with E-state index in [0.717, 1.165) is 5.56 Å². The largest absolute Gasteiger partial charge is 0.356 e.